The predicted octanol–water partition coefficient (Wildman–Crippen LogP) is 2.35. The Morgan fingerprint density at radius 2 is 2.25 bits per heavy atom. The Morgan fingerprint density at radius 1 is 1.50 bits per heavy atom. The number of hydrogen-bond donors (Lipinski definition) is 2. The highest BCUT2D eigenvalue weighted by Crippen LogP contribution is 2.19. The fourth-order valence-corrected chi connectivity index (χ4v) is 3.06. The molecule has 2 heterocycles. The molecule has 0 unspecified atom stereocenters. The molecule has 0 aliphatic heterocycles. The highest BCUT2D eigenvalue weighted by atomic mass is 32.1. The maximum Gasteiger partial charge on any atom is 0.272 e. The quantitative estimate of drug-likeness (QED) is 0.888. The van der Waals surface area contributed by atoms with Crippen LogP contribution in [-0.2, 0) is 19.5 Å². The zero-order chi connectivity index (χ0) is 14.7. The van der Waals surface area contributed by atoms with E-state index in [9.17, 15) is 4.79 Å². The first-order valence-electron chi connectivity index (χ1n) is 6.74. The fourth-order valence-electron chi connectivity index (χ4n) is 2.15. The van der Waals surface area contributed by atoms with Gasteiger partial charge >= 0.3 is 0 Å². The average molecular weight is 292 g/mol. The van der Waals surface area contributed by atoms with Crippen LogP contribution in [0.4, 0.5) is 5.69 Å². The molecule has 5 nitrogen and oxygen atoms in total. The first-order chi connectivity index (χ1) is 9.58. The van der Waals surface area contributed by atoms with Gasteiger partial charge in [-0.15, -0.1) is 11.3 Å². The number of amides is 1. The number of anilines is 1. The number of thiophene rings is 1. The van der Waals surface area contributed by atoms with Crippen molar-refractivity contribution in [2.75, 3.05) is 5.73 Å². The molecule has 108 valence electrons. The summed E-state index contributed by atoms with van der Waals surface area (Å²) in [5.41, 5.74) is 8.84. The van der Waals surface area contributed by atoms with E-state index in [2.05, 4.69) is 28.8 Å². The minimum atomic E-state index is -0.166. The number of nitrogens with zero attached hydrogens (tertiary/aromatic N) is 2. The molecule has 0 radical (unpaired) electrons. The normalized spacial score (nSPS) is 10.8. The van der Waals surface area contributed by atoms with Crippen LogP contribution in [0, 0.1) is 6.92 Å². The van der Waals surface area contributed by atoms with Crippen LogP contribution in [0.1, 0.15) is 40.5 Å². The molecule has 0 aliphatic carbocycles. The lowest BCUT2D eigenvalue weighted by Crippen LogP contribution is -2.26. The van der Waals surface area contributed by atoms with E-state index in [1.807, 2.05) is 13.8 Å². The number of hydrogen-bond acceptors (Lipinski definition) is 4. The van der Waals surface area contributed by atoms with Crippen molar-refractivity contribution in [2.45, 2.75) is 40.3 Å². The molecular weight excluding hydrogens is 272 g/mol. The number of nitrogens with two attached hydrogens (primary N) is 1. The summed E-state index contributed by atoms with van der Waals surface area (Å²) in [6.45, 7) is 7.03. The molecular formula is C14H20N4OS. The Morgan fingerprint density at radius 3 is 2.90 bits per heavy atom. The standard InChI is InChI=1S/C14H20N4OS/c1-4-10-6-7-20-11(10)8-16-14(19)13-12(15)9(3)17-18(13)5-2/h6-7H,4-5,8,15H2,1-3H3,(H,16,19). The van der Waals surface area contributed by atoms with Crippen LogP contribution in [0.15, 0.2) is 11.4 Å². The lowest BCUT2D eigenvalue weighted by molar-refractivity contribution is 0.0941. The Labute approximate surface area is 122 Å². The number of carbonyl (C=O) groups excluding carboxylic acids is 1. The third-order valence-electron chi connectivity index (χ3n) is 3.32. The lowest BCUT2D eigenvalue weighted by Gasteiger charge is -2.08. The molecule has 0 spiro atoms. The van der Waals surface area contributed by atoms with E-state index in [0.717, 1.165) is 6.42 Å². The maximum atomic E-state index is 12.3. The van der Waals surface area contributed by atoms with Gasteiger partial charge in [0.05, 0.1) is 17.9 Å². The van der Waals surface area contributed by atoms with Crippen LogP contribution in [0.5, 0.6) is 0 Å². The van der Waals surface area contributed by atoms with Gasteiger partial charge in [-0.1, -0.05) is 6.92 Å². The summed E-state index contributed by atoms with van der Waals surface area (Å²) in [4.78, 5) is 13.5. The van der Waals surface area contributed by atoms with Gasteiger partial charge in [0.2, 0.25) is 0 Å². The highest BCUT2D eigenvalue weighted by molar-refractivity contribution is 7.10. The van der Waals surface area contributed by atoms with Crippen LogP contribution in [0.25, 0.3) is 0 Å². The smallest absolute Gasteiger partial charge is 0.272 e. The molecule has 6 heteroatoms. The van der Waals surface area contributed by atoms with Gasteiger partial charge in [0, 0.05) is 11.4 Å². The van der Waals surface area contributed by atoms with Crippen molar-refractivity contribution in [2.24, 2.45) is 0 Å². The van der Waals surface area contributed by atoms with Crippen LogP contribution in [0.3, 0.4) is 0 Å². The molecule has 0 atom stereocenters. The van der Waals surface area contributed by atoms with E-state index >= 15 is 0 Å². The average Bonchev–Trinajstić information content (AvgIpc) is 3.01. The summed E-state index contributed by atoms with van der Waals surface area (Å²) in [5.74, 6) is -0.166. The Hall–Kier alpha value is -1.82. The van der Waals surface area contributed by atoms with Crippen molar-refractivity contribution in [3.63, 3.8) is 0 Å². The zero-order valence-electron chi connectivity index (χ0n) is 12.1. The summed E-state index contributed by atoms with van der Waals surface area (Å²) in [7, 11) is 0. The Balaban J connectivity index is 2.13. The van der Waals surface area contributed by atoms with E-state index < -0.39 is 0 Å². The molecule has 0 saturated heterocycles. The van der Waals surface area contributed by atoms with Crippen molar-refractivity contribution in [1.29, 1.82) is 0 Å². The van der Waals surface area contributed by atoms with Gasteiger partial charge in [0.25, 0.3) is 5.91 Å². The first kappa shape index (κ1) is 14.6. The summed E-state index contributed by atoms with van der Waals surface area (Å²) >= 11 is 1.66. The van der Waals surface area contributed by atoms with Crippen LogP contribution in [0.2, 0.25) is 0 Å². The molecule has 0 aliphatic rings. The monoisotopic (exact) mass is 292 g/mol. The molecule has 0 aromatic carbocycles. The van der Waals surface area contributed by atoms with E-state index in [1.165, 1.54) is 10.4 Å². The maximum absolute atomic E-state index is 12.3. The van der Waals surface area contributed by atoms with Crippen molar-refractivity contribution < 1.29 is 4.79 Å². The van der Waals surface area contributed by atoms with Gasteiger partial charge in [-0.3, -0.25) is 9.48 Å². The Bertz CT molecular complexity index is 615. The Kier molecular flexibility index (Phi) is 4.44. The molecule has 2 aromatic heterocycles. The summed E-state index contributed by atoms with van der Waals surface area (Å²) in [6, 6.07) is 2.10. The molecule has 2 aromatic rings. The molecule has 0 fully saturated rings. The summed E-state index contributed by atoms with van der Waals surface area (Å²) < 4.78 is 1.65. The van der Waals surface area contributed by atoms with E-state index in [-0.39, 0.29) is 5.91 Å². The SMILES string of the molecule is CCc1ccsc1CNC(=O)c1c(N)c(C)nn1CC. The number of aromatic nitrogens is 2. The number of carbonyl (C=O) groups is 1. The number of rotatable bonds is 5. The van der Waals surface area contributed by atoms with E-state index in [0.29, 0.717) is 30.2 Å². The van der Waals surface area contributed by atoms with Crippen molar-refractivity contribution in [1.82, 2.24) is 15.1 Å². The van der Waals surface area contributed by atoms with E-state index in [4.69, 9.17) is 5.73 Å². The van der Waals surface area contributed by atoms with Crippen molar-refractivity contribution >= 4 is 22.9 Å². The van der Waals surface area contributed by atoms with Crippen LogP contribution >= 0.6 is 11.3 Å². The zero-order valence-corrected chi connectivity index (χ0v) is 12.9. The van der Waals surface area contributed by atoms with Gasteiger partial charge in [0.1, 0.15) is 5.69 Å². The van der Waals surface area contributed by atoms with E-state index in [1.54, 1.807) is 16.0 Å². The second-order valence-corrected chi connectivity index (χ2v) is 5.57. The molecule has 20 heavy (non-hydrogen) atoms. The minimum Gasteiger partial charge on any atom is -0.395 e. The van der Waals surface area contributed by atoms with Gasteiger partial charge in [0.15, 0.2) is 0 Å². The second kappa shape index (κ2) is 6.09. The second-order valence-electron chi connectivity index (χ2n) is 4.57. The topological polar surface area (TPSA) is 72.9 Å². The van der Waals surface area contributed by atoms with Crippen molar-refractivity contribution in [3.05, 3.63) is 33.3 Å². The fraction of sp³-hybridized carbons (Fsp3) is 0.429. The molecule has 0 saturated carbocycles. The van der Waals surface area contributed by atoms with Crippen LogP contribution in [-0.4, -0.2) is 15.7 Å². The van der Waals surface area contributed by atoms with Crippen molar-refractivity contribution in [3.8, 4) is 0 Å². The van der Waals surface area contributed by atoms with Crippen LogP contribution < -0.4 is 11.1 Å². The highest BCUT2D eigenvalue weighted by Gasteiger charge is 2.19. The van der Waals surface area contributed by atoms with Gasteiger partial charge in [-0.2, -0.15) is 5.10 Å². The van der Waals surface area contributed by atoms with Gasteiger partial charge in [-0.25, -0.2) is 0 Å². The van der Waals surface area contributed by atoms with Gasteiger partial charge in [-0.05, 0) is 37.3 Å². The third kappa shape index (κ3) is 2.70. The predicted molar refractivity (Wildman–Crippen MR) is 81.9 cm³/mol. The first-order valence-corrected chi connectivity index (χ1v) is 7.62. The number of nitrogens with one attached hydrogen (secondary N) is 1. The molecule has 0 bridgehead atoms. The summed E-state index contributed by atoms with van der Waals surface area (Å²) in [6.07, 6.45) is 0.975. The summed E-state index contributed by atoms with van der Waals surface area (Å²) in [5, 5.41) is 9.25. The molecule has 2 rings (SSSR count). The largest absolute Gasteiger partial charge is 0.395 e. The number of aryl methyl sites for hydroxylation is 3. The van der Waals surface area contributed by atoms with Gasteiger partial charge < -0.3 is 11.1 Å². The lowest BCUT2D eigenvalue weighted by atomic mass is 10.2. The molecule has 3 N–H and O–H groups in total. The third-order valence-corrected chi connectivity index (χ3v) is 4.28. The minimum absolute atomic E-state index is 0.166. The number of nitrogen functional groups attached to an aromatic ring is 1. The molecule has 1 amide bonds.